The van der Waals surface area contributed by atoms with Crippen LogP contribution in [0.25, 0.3) is 6.08 Å². The first kappa shape index (κ1) is 26.1. The third kappa shape index (κ3) is 7.24. The normalized spacial score (nSPS) is 10.4. The van der Waals surface area contributed by atoms with E-state index in [1.165, 1.54) is 17.7 Å². The Morgan fingerprint density at radius 2 is 1.39 bits per heavy atom. The Labute approximate surface area is 211 Å². The van der Waals surface area contributed by atoms with Crippen molar-refractivity contribution in [2.45, 2.75) is 20.0 Å². The number of aromatic hydroxyl groups is 2. The molecule has 0 aliphatic rings. The van der Waals surface area contributed by atoms with Crippen LogP contribution in [-0.4, -0.2) is 23.3 Å². The van der Waals surface area contributed by atoms with Crippen LogP contribution in [0.15, 0.2) is 103 Å². The molecule has 0 fully saturated rings. The van der Waals surface area contributed by atoms with Gasteiger partial charge in [0.15, 0.2) is 11.5 Å². The van der Waals surface area contributed by atoms with Crippen LogP contribution in [0.1, 0.15) is 39.5 Å². The van der Waals surface area contributed by atoms with Gasteiger partial charge in [0.2, 0.25) is 0 Å². The van der Waals surface area contributed by atoms with E-state index in [-0.39, 0.29) is 23.7 Å². The number of phenols is 2. The Morgan fingerprint density at radius 1 is 0.778 bits per heavy atom. The van der Waals surface area contributed by atoms with Crippen LogP contribution in [0.5, 0.6) is 17.2 Å². The smallest absolute Gasteiger partial charge is 0.342 e. The molecule has 0 radical (unpaired) electrons. The quantitative estimate of drug-likeness (QED) is 0.284. The first-order chi connectivity index (χ1) is 17.5. The number of allylic oxidation sites excluding steroid dienone is 1. The third-order valence-corrected chi connectivity index (χ3v) is 5.39. The summed E-state index contributed by atoms with van der Waals surface area (Å²) in [6, 6.07) is 29.5. The summed E-state index contributed by atoms with van der Waals surface area (Å²) in [6.07, 6.45) is 4.75. The second-order valence-corrected chi connectivity index (χ2v) is 7.93. The molecule has 0 aromatic heterocycles. The van der Waals surface area contributed by atoms with Gasteiger partial charge >= 0.3 is 5.97 Å². The number of ether oxygens (including phenoxy) is 2. The first-order valence-corrected chi connectivity index (χ1v) is 11.6. The number of phenolic OH excluding ortho intramolecular Hbond substituents is 2. The molecular formula is C31H30O5. The Kier molecular flexibility index (Phi) is 9.71. The number of methoxy groups -OCH3 is 1. The summed E-state index contributed by atoms with van der Waals surface area (Å²) in [5, 5.41) is 19.4. The minimum absolute atomic E-state index is 0.0643. The Balaban J connectivity index is 0.000000202. The van der Waals surface area contributed by atoms with Crippen molar-refractivity contribution < 1.29 is 24.5 Å². The van der Waals surface area contributed by atoms with E-state index < -0.39 is 5.97 Å². The fourth-order valence-corrected chi connectivity index (χ4v) is 3.62. The maximum absolute atomic E-state index is 11.7. The number of hydrogen-bond donors (Lipinski definition) is 2. The maximum atomic E-state index is 11.7. The lowest BCUT2D eigenvalue weighted by Gasteiger charge is -2.13. The molecule has 4 aromatic rings. The van der Waals surface area contributed by atoms with Crippen molar-refractivity contribution >= 4 is 12.0 Å². The molecule has 36 heavy (non-hydrogen) atoms. The average molecular weight is 483 g/mol. The minimum atomic E-state index is -0.521. The molecular weight excluding hydrogens is 452 g/mol. The molecule has 5 heteroatoms. The highest BCUT2D eigenvalue weighted by atomic mass is 16.5. The summed E-state index contributed by atoms with van der Waals surface area (Å²) in [5.41, 5.74) is 4.37. The molecule has 0 aliphatic carbocycles. The summed E-state index contributed by atoms with van der Waals surface area (Å²) in [5.74, 6) is 0.152. The lowest BCUT2D eigenvalue weighted by molar-refractivity contribution is 0.0469. The lowest BCUT2D eigenvalue weighted by atomic mass is 9.98. The molecule has 0 heterocycles. The van der Waals surface area contributed by atoms with Gasteiger partial charge in [0, 0.05) is 12.0 Å². The number of carbonyl (C=O) groups excluding carboxylic acids is 1. The second-order valence-electron chi connectivity index (χ2n) is 7.93. The van der Waals surface area contributed by atoms with Crippen LogP contribution in [0.4, 0.5) is 0 Å². The molecule has 0 aliphatic heterocycles. The van der Waals surface area contributed by atoms with E-state index in [1.54, 1.807) is 25.3 Å². The van der Waals surface area contributed by atoms with Gasteiger partial charge < -0.3 is 19.7 Å². The highest BCUT2D eigenvalue weighted by molar-refractivity contribution is 5.92. The van der Waals surface area contributed by atoms with E-state index >= 15 is 0 Å². The van der Waals surface area contributed by atoms with E-state index in [2.05, 4.69) is 12.1 Å². The molecule has 5 nitrogen and oxygen atoms in total. The fourth-order valence-electron chi connectivity index (χ4n) is 3.62. The highest BCUT2D eigenvalue weighted by Gasteiger charge is 2.13. The highest BCUT2D eigenvalue weighted by Crippen LogP contribution is 2.34. The van der Waals surface area contributed by atoms with Gasteiger partial charge in [-0.25, -0.2) is 4.79 Å². The van der Waals surface area contributed by atoms with Gasteiger partial charge in [-0.15, -0.1) is 0 Å². The molecule has 0 unspecified atom stereocenters. The van der Waals surface area contributed by atoms with Gasteiger partial charge in [-0.1, -0.05) is 91.0 Å². The second kappa shape index (κ2) is 13.4. The van der Waals surface area contributed by atoms with Crippen molar-refractivity contribution in [1.82, 2.24) is 0 Å². The summed E-state index contributed by atoms with van der Waals surface area (Å²) in [4.78, 5) is 11.7. The van der Waals surface area contributed by atoms with E-state index in [9.17, 15) is 15.0 Å². The molecule has 0 spiro atoms. The van der Waals surface area contributed by atoms with Crippen molar-refractivity contribution in [3.8, 4) is 17.2 Å². The maximum Gasteiger partial charge on any atom is 0.342 e. The first-order valence-electron chi connectivity index (χ1n) is 11.6. The van der Waals surface area contributed by atoms with Gasteiger partial charge in [0.05, 0.1) is 7.11 Å². The van der Waals surface area contributed by atoms with Gasteiger partial charge in [0.1, 0.15) is 17.9 Å². The van der Waals surface area contributed by atoms with Crippen LogP contribution in [0.2, 0.25) is 0 Å². The van der Waals surface area contributed by atoms with Gasteiger partial charge in [0.25, 0.3) is 0 Å². The molecule has 0 atom stereocenters. The van der Waals surface area contributed by atoms with E-state index in [0.29, 0.717) is 5.75 Å². The summed E-state index contributed by atoms with van der Waals surface area (Å²) in [7, 11) is 1.59. The van der Waals surface area contributed by atoms with Crippen LogP contribution >= 0.6 is 0 Å². The molecule has 0 saturated heterocycles. The van der Waals surface area contributed by atoms with Crippen LogP contribution in [0, 0.1) is 0 Å². The summed E-state index contributed by atoms with van der Waals surface area (Å²) >= 11 is 0. The Bertz CT molecular complexity index is 1280. The van der Waals surface area contributed by atoms with Gasteiger partial charge in [-0.2, -0.15) is 0 Å². The predicted molar refractivity (Wildman–Crippen MR) is 142 cm³/mol. The number of para-hydroxylation sites is 1. The molecule has 0 bridgehead atoms. The van der Waals surface area contributed by atoms with Crippen molar-refractivity contribution in [2.75, 3.05) is 7.11 Å². The van der Waals surface area contributed by atoms with Crippen LogP contribution < -0.4 is 4.74 Å². The zero-order chi connectivity index (χ0) is 25.8. The Hall–Kier alpha value is -4.51. The van der Waals surface area contributed by atoms with Crippen LogP contribution in [-0.2, 0) is 17.8 Å². The molecule has 4 rings (SSSR count). The Morgan fingerprint density at radius 3 is 2.00 bits per heavy atom. The van der Waals surface area contributed by atoms with Crippen molar-refractivity contribution in [1.29, 1.82) is 0 Å². The third-order valence-electron chi connectivity index (χ3n) is 5.39. The number of hydrogen-bond acceptors (Lipinski definition) is 5. The van der Waals surface area contributed by atoms with Gasteiger partial charge in [-0.05, 0) is 41.8 Å². The van der Waals surface area contributed by atoms with Crippen LogP contribution in [0.3, 0.4) is 0 Å². The SMILES string of the molecule is CC=Cc1ccc(O)c(OC)c1Cc1ccccc1.O=C(OCc1ccccc1)c1ccccc1O. The topological polar surface area (TPSA) is 76.0 Å². The molecule has 0 amide bonds. The molecule has 184 valence electrons. The van der Waals surface area contributed by atoms with Crippen molar-refractivity contribution in [3.63, 3.8) is 0 Å². The van der Waals surface area contributed by atoms with E-state index in [1.807, 2.05) is 73.7 Å². The number of rotatable bonds is 7. The summed E-state index contributed by atoms with van der Waals surface area (Å²) < 4.78 is 10.4. The van der Waals surface area contributed by atoms with Gasteiger partial charge in [-0.3, -0.25) is 0 Å². The monoisotopic (exact) mass is 482 g/mol. The average Bonchev–Trinajstić information content (AvgIpc) is 2.91. The number of benzene rings is 4. The largest absolute Gasteiger partial charge is 0.507 e. The molecule has 4 aromatic carbocycles. The fraction of sp³-hybridized carbons (Fsp3) is 0.129. The van der Waals surface area contributed by atoms with Crippen molar-refractivity contribution in [3.05, 3.63) is 131 Å². The van der Waals surface area contributed by atoms with E-state index in [0.717, 1.165) is 23.1 Å². The molecule has 0 saturated carbocycles. The van der Waals surface area contributed by atoms with Crippen molar-refractivity contribution in [2.24, 2.45) is 0 Å². The minimum Gasteiger partial charge on any atom is -0.507 e. The number of esters is 1. The lowest BCUT2D eigenvalue weighted by Crippen LogP contribution is -2.05. The summed E-state index contributed by atoms with van der Waals surface area (Å²) in [6.45, 7) is 2.18. The standard InChI is InChI=1S/C17H18O2.C14H12O3/c1-3-7-14-10-11-16(18)17(19-2)15(14)12-13-8-5-4-6-9-13;15-13-9-5-4-8-12(13)14(16)17-10-11-6-2-1-3-7-11/h3-11,18H,12H2,1-2H3;1-9,15H,10H2. The molecule has 2 N–H and O–H groups in total. The predicted octanol–water partition coefficient (Wildman–Crippen LogP) is 6.77. The zero-order valence-corrected chi connectivity index (χ0v) is 20.4. The number of carbonyl (C=O) groups is 1. The zero-order valence-electron chi connectivity index (χ0n) is 20.4. The van der Waals surface area contributed by atoms with E-state index in [4.69, 9.17) is 9.47 Å².